The lowest BCUT2D eigenvalue weighted by Gasteiger charge is -2.25. The lowest BCUT2D eigenvalue weighted by Crippen LogP contribution is -2.16. The second-order valence-corrected chi connectivity index (χ2v) is 18.4. The van der Waals surface area contributed by atoms with Crippen LogP contribution in [0.5, 0.6) is 0 Å². The van der Waals surface area contributed by atoms with Crippen molar-refractivity contribution in [3.63, 3.8) is 0 Å². The van der Waals surface area contributed by atoms with Gasteiger partial charge in [-0.1, -0.05) is 204 Å². The highest BCUT2D eigenvalue weighted by atomic mass is 14.4. The van der Waals surface area contributed by atoms with E-state index in [1.54, 1.807) is 0 Å². The summed E-state index contributed by atoms with van der Waals surface area (Å²) in [5.74, 6) is 0. The molecule has 3 aliphatic rings. The third kappa shape index (κ3) is 5.25. The minimum Gasteiger partial charge on any atom is -0.0622 e. The Morgan fingerprint density at radius 1 is 0.311 bits per heavy atom. The zero-order valence-corrected chi connectivity index (χ0v) is 35.2. The monoisotopic (exact) mass is 778 g/mol. The molecule has 0 fully saturated rings. The highest BCUT2D eigenvalue weighted by molar-refractivity contribution is 6.11. The van der Waals surface area contributed by atoms with Crippen LogP contribution in [-0.4, -0.2) is 0 Å². The van der Waals surface area contributed by atoms with Crippen molar-refractivity contribution >= 4 is 21.5 Å². The summed E-state index contributed by atoms with van der Waals surface area (Å²) in [5.41, 5.74) is 24.1. The van der Waals surface area contributed by atoms with Crippen LogP contribution in [0.3, 0.4) is 0 Å². The van der Waals surface area contributed by atoms with E-state index in [1.165, 1.54) is 122 Å². The van der Waals surface area contributed by atoms with Crippen LogP contribution in [0.4, 0.5) is 0 Å². The van der Waals surface area contributed by atoms with Crippen molar-refractivity contribution in [3.05, 3.63) is 228 Å². The van der Waals surface area contributed by atoms with E-state index in [-0.39, 0.29) is 10.8 Å². The van der Waals surface area contributed by atoms with E-state index in [0.717, 1.165) is 6.42 Å². The molecule has 9 aromatic rings. The van der Waals surface area contributed by atoms with Gasteiger partial charge in [-0.2, -0.15) is 0 Å². The summed E-state index contributed by atoms with van der Waals surface area (Å²) in [7, 11) is 0. The SMILES string of the molecule is CC1(C)c2ccc(-c3ccccccc(-c4ccccc4)c4ccccc34)cc2-c2ccc(-c3ccc4c(c3)-c3c(c5c(c6ccccc36)Cc3ccccc3-5)C4(C)C)cc21. The van der Waals surface area contributed by atoms with Crippen LogP contribution in [0.2, 0.25) is 0 Å². The Bertz CT molecular complexity index is 3370. The first kappa shape index (κ1) is 35.9. The predicted molar refractivity (Wildman–Crippen MR) is 259 cm³/mol. The maximum Gasteiger partial charge on any atom is 0.0165 e. The Kier molecular flexibility index (Phi) is 7.79. The molecular formula is C61H46. The van der Waals surface area contributed by atoms with E-state index < -0.39 is 0 Å². The molecule has 0 saturated carbocycles. The molecule has 0 bridgehead atoms. The van der Waals surface area contributed by atoms with Crippen LogP contribution in [0.1, 0.15) is 61.1 Å². The summed E-state index contributed by atoms with van der Waals surface area (Å²) in [5, 5.41) is 5.23. The zero-order valence-electron chi connectivity index (χ0n) is 35.2. The van der Waals surface area contributed by atoms with Gasteiger partial charge in [-0.05, 0) is 146 Å². The maximum absolute atomic E-state index is 2.50. The van der Waals surface area contributed by atoms with Crippen LogP contribution in [0.15, 0.2) is 194 Å². The summed E-state index contributed by atoms with van der Waals surface area (Å²) in [6.07, 6.45) is 0.998. The molecule has 0 atom stereocenters. The van der Waals surface area contributed by atoms with Crippen LogP contribution >= 0.6 is 0 Å². The van der Waals surface area contributed by atoms with Gasteiger partial charge in [0.1, 0.15) is 0 Å². The largest absolute Gasteiger partial charge is 0.0622 e. The second-order valence-electron chi connectivity index (χ2n) is 18.4. The van der Waals surface area contributed by atoms with Gasteiger partial charge in [-0.25, -0.2) is 0 Å². The van der Waals surface area contributed by atoms with Crippen LogP contribution in [0.25, 0.3) is 88.3 Å². The minimum absolute atomic E-state index is 0.120. The van der Waals surface area contributed by atoms with E-state index in [0.29, 0.717) is 0 Å². The van der Waals surface area contributed by atoms with Crippen molar-refractivity contribution in [1.29, 1.82) is 0 Å². The quantitative estimate of drug-likeness (QED) is 0.168. The molecular weight excluding hydrogens is 733 g/mol. The highest BCUT2D eigenvalue weighted by Gasteiger charge is 2.42. The smallest absolute Gasteiger partial charge is 0.0165 e. The minimum atomic E-state index is -0.148. The fourth-order valence-electron chi connectivity index (χ4n) is 11.4. The highest BCUT2D eigenvalue weighted by Crippen LogP contribution is 2.59. The molecule has 0 N–H and O–H groups in total. The predicted octanol–water partition coefficient (Wildman–Crippen LogP) is 16.3. The first-order chi connectivity index (χ1) is 29.8. The molecule has 0 unspecified atom stereocenters. The Balaban J connectivity index is 1.000. The Hall–Kier alpha value is -7.02. The average Bonchev–Trinajstić information content (AvgIpc) is 3.87. The van der Waals surface area contributed by atoms with Gasteiger partial charge in [0, 0.05) is 10.8 Å². The fraction of sp³-hybridized carbons (Fsp3) is 0.115. The molecule has 3 aliphatic carbocycles. The van der Waals surface area contributed by atoms with Gasteiger partial charge in [-0.15, -0.1) is 0 Å². The van der Waals surface area contributed by atoms with Gasteiger partial charge in [-0.3, -0.25) is 0 Å². The first-order valence-corrected chi connectivity index (χ1v) is 21.8. The molecule has 0 radical (unpaired) electrons. The molecule has 0 spiro atoms. The average molecular weight is 779 g/mol. The lowest BCUT2D eigenvalue weighted by atomic mass is 9.77. The molecule has 0 heteroatoms. The number of rotatable bonds is 3. The van der Waals surface area contributed by atoms with Crippen molar-refractivity contribution in [2.75, 3.05) is 0 Å². The number of hydrogen-bond acceptors (Lipinski definition) is 0. The van der Waals surface area contributed by atoms with Gasteiger partial charge < -0.3 is 0 Å². The third-order valence-corrected chi connectivity index (χ3v) is 14.3. The van der Waals surface area contributed by atoms with Crippen molar-refractivity contribution < 1.29 is 0 Å². The van der Waals surface area contributed by atoms with Crippen LogP contribution < -0.4 is 0 Å². The van der Waals surface area contributed by atoms with Crippen molar-refractivity contribution in [2.45, 2.75) is 44.9 Å². The van der Waals surface area contributed by atoms with Crippen LogP contribution in [-0.2, 0) is 17.3 Å². The van der Waals surface area contributed by atoms with E-state index in [1.807, 2.05) is 0 Å². The molecule has 0 aliphatic heterocycles. The number of benzene rings is 8. The summed E-state index contributed by atoms with van der Waals surface area (Å²) in [4.78, 5) is 0. The molecule has 0 heterocycles. The molecule has 290 valence electrons. The summed E-state index contributed by atoms with van der Waals surface area (Å²) in [6.45, 7) is 9.68. The van der Waals surface area contributed by atoms with Crippen LogP contribution in [0, 0.1) is 0 Å². The number of fused-ring (bicyclic) bond motifs is 14. The lowest BCUT2D eigenvalue weighted by molar-refractivity contribution is 0.660. The summed E-state index contributed by atoms with van der Waals surface area (Å²) >= 11 is 0. The molecule has 61 heavy (non-hydrogen) atoms. The van der Waals surface area contributed by atoms with Crippen molar-refractivity contribution in [1.82, 2.24) is 0 Å². The van der Waals surface area contributed by atoms with Crippen molar-refractivity contribution in [3.8, 4) is 66.8 Å². The van der Waals surface area contributed by atoms with E-state index in [9.17, 15) is 0 Å². The van der Waals surface area contributed by atoms with E-state index in [4.69, 9.17) is 0 Å². The van der Waals surface area contributed by atoms with E-state index >= 15 is 0 Å². The standard InChI is InChI=1S/C61H46/c1-60(2)54-33-30-42(44-22-11-6-5-10-21-43(38-18-8-7-9-19-38)46-24-14-15-25-47(44)46)35-51(54)49-31-28-40(37-56(49)60)39-29-32-55-53(34-39)58-50-27-17-16-26-48(50)52-36-41-20-12-13-23-45(41)57(52)59(58)61(55,3)4/h5-35,37H,36H2,1-4H3. The fourth-order valence-corrected chi connectivity index (χ4v) is 11.4. The molecule has 0 aromatic heterocycles. The molecule has 12 rings (SSSR count). The summed E-state index contributed by atoms with van der Waals surface area (Å²) < 4.78 is 0. The molecule has 0 nitrogen and oxygen atoms in total. The maximum atomic E-state index is 2.50. The number of hydrogen-bond donors (Lipinski definition) is 0. The molecule has 0 saturated heterocycles. The zero-order chi connectivity index (χ0) is 41.0. The first-order valence-electron chi connectivity index (χ1n) is 21.8. The normalized spacial score (nSPS) is 14.4. The van der Waals surface area contributed by atoms with Gasteiger partial charge in [0.2, 0.25) is 0 Å². The Morgan fingerprint density at radius 2 is 0.836 bits per heavy atom. The van der Waals surface area contributed by atoms with Gasteiger partial charge >= 0.3 is 0 Å². The third-order valence-electron chi connectivity index (χ3n) is 14.3. The van der Waals surface area contributed by atoms with Crippen molar-refractivity contribution in [2.24, 2.45) is 0 Å². The Labute approximate surface area is 359 Å². The Morgan fingerprint density at radius 3 is 1.59 bits per heavy atom. The molecule has 9 aromatic carbocycles. The molecule has 0 amide bonds. The van der Waals surface area contributed by atoms with Gasteiger partial charge in [0.05, 0.1) is 0 Å². The van der Waals surface area contributed by atoms with Gasteiger partial charge in [0.25, 0.3) is 0 Å². The topological polar surface area (TPSA) is 0 Å². The second kappa shape index (κ2) is 13.2. The van der Waals surface area contributed by atoms with E-state index in [2.05, 4.69) is 222 Å². The summed E-state index contributed by atoms with van der Waals surface area (Å²) in [6, 6.07) is 72.7. The van der Waals surface area contributed by atoms with Gasteiger partial charge in [0.15, 0.2) is 0 Å².